The van der Waals surface area contributed by atoms with Gasteiger partial charge in [-0.25, -0.2) is 0 Å². The highest BCUT2D eigenvalue weighted by Gasteiger charge is 2.14. The molecule has 2 aromatic heterocycles. The van der Waals surface area contributed by atoms with Gasteiger partial charge in [0.05, 0.1) is 24.7 Å². The Hall–Kier alpha value is -3.59. The molecule has 0 aliphatic carbocycles. The third-order valence-corrected chi connectivity index (χ3v) is 5.94. The number of aromatic nitrogens is 3. The smallest absolute Gasteiger partial charge is 0.224 e. The molecule has 4 rings (SSSR count). The van der Waals surface area contributed by atoms with E-state index in [9.17, 15) is 4.79 Å². The Kier molecular flexibility index (Phi) is 5.77. The van der Waals surface area contributed by atoms with Crippen molar-refractivity contribution in [1.29, 1.82) is 5.26 Å². The van der Waals surface area contributed by atoms with Gasteiger partial charge in [0.25, 0.3) is 0 Å². The second-order valence-electron chi connectivity index (χ2n) is 7.82. The van der Waals surface area contributed by atoms with Crippen molar-refractivity contribution in [1.82, 2.24) is 14.3 Å². The van der Waals surface area contributed by atoms with Gasteiger partial charge in [0.2, 0.25) is 5.91 Å². The summed E-state index contributed by atoms with van der Waals surface area (Å²) in [6.45, 7) is 7.59. The minimum absolute atomic E-state index is 0.0119. The van der Waals surface area contributed by atoms with Crippen LogP contribution in [0.2, 0.25) is 0 Å². The number of rotatable bonds is 7. The van der Waals surface area contributed by atoms with Gasteiger partial charge < -0.3 is 9.88 Å². The Morgan fingerprint density at radius 1 is 1.13 bits per heavy atom. The fourth-order valence-corrected chi connectivity index (χ4v) is 4.40. The maximum Gasteiger partial charge on any atom is 0.224 e. The van der Waals surface area contributed by atoms with E-state index in [1.807, 2.05) is 24.6 Å². The standard InChI is InChI=1S/C25H27N5O/c1-4-29-23-9-6-5-8-21(23)22-16-19(10-12-24(22)29)27-25(31)13-11-20-17(2)28-30(18(20)3)15-7-14-26/h5-6,8-10,12,16H,4,7,11,13,15H2,1-3H3,(H,27,31). The summed E-state index contributed by atoms with van der Waals surface area (Å²) in [6.07, 6.45) is 1.45. The molecule has 0 atom stereocenters. The van der Waals surface area contributed by atoms with Crippen LogP contribution in [-0.4, -0.2) is 20.3 Å². The first kappa shape index (κ1) is 20.7. The van der Waals surface area contributed by atoms with Crippen LogP contribution in [0, 0.1) is 25.2 Å². The summed E-state index contributed by atoms with van der Waals surface area (Å²) in [7, 11) is 0. The third kappa shape index (κ3) is 3.91. The SMILES string of the molecule is CCn1c2ccccc2c2cc(NC(=O)CCc3c(C)nn(CCC#N)c3C)ccc21. The molecule has 158 valence electrons. The minimum atomic E-state index is -0.0119. The topological polar surface area (TPSA) is 75.6 Å². The largest absolute Gasteiger partial charge is 0.341 e. The van der Waals surface area contributed by atoms with Crippen molar-refractivity contribution in [3.05, 3.63) is 59.4 Å². The second-order valence-corrected chi connectivity index (χ2v) is 7.82. The molecule has 2 aromatic carbocycles. The van der Waals surface area contributed by atoms with Gasteiger partial charge in [0.1, 0.15) is 0 Å². The van der Waals surface area contributed by atoms with Crippen LogP contribution < -0.4 is 5.32 Å². The van der Waals surface area contributed by atoms with E-state index in [0.717, 1.165) is 34.6 Å². The third-order valence-electron chi connectivity index (χ3n) is 5.94. The number of fused-ring (bicyclic) bond motifs is 3. The van der Waals surface area contributed by atoms with Gasteiger partial charge in [-0.3, -0.25) is 9.48 Å². The molecule has 0 aliphatic rings. The molecule has 0 saturated carbocycles. The van der Waals surface area contributed by atoms with Crippen molar-refractivity contribution >= 4 is 33.4 Å². The lowest BCUT2D eigenvalue weighted by molar-refractivity contribution is -0.116. The van der Waals surface area contributed by atoms with Crippen molar-refractivity contribution in [3.8, 4) is 6.07 Å². The molecule has 4 aromatic rings. The Morgan fingerprint density at radius 3 is 2.68 bits per heavy atom. The lowest BCUT2D eigenvalue weighted by Crippen LogP contribution is -2.12. The average molecular weight is 414 g/mol. The van der Waals surface area contributed by atoms with Crippen molar-refractivity contribution in [2.75, 3.05) is 5.32 Å². The van der Waals surface area contributed by atoms with Crippen molar-refractivity contribution in [3.63, 3.8) is 0 Å². The summed E-state index contributed by atoms with van der Waals surface area (Å²) >= 11 is 0. The highest BCUT2D eigenvalue weighted by molar-refractivity contribution is 6.09. The van der Waals surface area contributed by atoms with Gasteiger partial charge in [-0.2, -0.15) is 10.4 Å². The fourth-order valence-electron chi connectivity index (χ4n) is 4.40. The number of carbonyl (C=O) groups is 1. The molecule has 0 spiro atoms. The predicted octanol–water partition coefficient (Wildman–Crippen LogP) is 5.11. The Balaban J connectivity index is 1.50. The quantitative estimate of drug-likeness (QED) is 0.457. The zero-order valence-electron chi connectivity index (χ0n) is 18.3. The first-order valence-electron chi connectivity index (χ1n) is 10.7. The van der Waals surface area contributed by atoms with Crippen LogP contribution in [0.3, 0.4) is 0 Å². The van der Waals surface area contributed by atoms with Crippen molar-refractivity contribution < 1.29 is 4.79 Å². The molecular weight excluding hydrogens is 386 g/mol. The Morgan fingerprint density at radius 2 is 1.90 bits per heavy atom. The molecule has 6 heteroatoms. The normalized spacial score (nSPS) is 11.2. The fraction of sp³-hybridized carbons (Fsp3) is 0.320. The monoisotopic (exact) mass is 413 g/mol. The zero-order valence-corrected chi connectivity index (χ0v) is 18.3. The second kappa shape index (κ2) is 8.65. The number of benzene rings is 2. The molecule has 0 aliphatic heterocycles. The van der Waals surface area contributed by atoms with Gasteiger partial charge in [-0.15, -0.1) is 0 Å². The molecule has 0 unspecified atom stereocenters. The van der Waals surface area contributed by atoms with Crippen LogP contribution in [0.1, 0.15) is 36.7 Å². The first-order chi connectivity index (χ1) is 15.0. The summed E-state index contributed by atoms with van der Waals surface area (Å²) < 4.78 is 4.16. The van der Waals surface area contributed by atoms with Crippen LogP contribution >= 0.6 is 0 Å². The number of anilines is 1. The molecule has 31 heavy (non-hydrogen) atoms. The maximum atomic E-state index is 12.7. The van der Waals surface area contributed by atoms with Crippen molar-refractivity contribution in [2.45, 2.75) is 53.1 Å². The van der Waals surface area contributed by atoms with Gasteiger partial charge in [0.15, 0.2) is 0 Å². The molecule has 0 saturated heterocycles. The highest BCUT2D eigenvalue weighted by Crippen LogP contribution is 2.31. The van der Waals surface area contributed by atoms with Crippen LogP contribution in [0.15, 0.2) is 42.5 Å². The number of amides is 1. The number of hydrogen-bond donors (Lipinski definition) is 1. The summed E-state index contributed by atoms with van der Waals surface area (Å²) in [5.74, 6) is -0.0119. The van der Waals surface area contributed by atoms with E-state index in [2.05, 4.69) is 64.4 Å². The molecule has 1 amide bonds. The van der Waals surface area contributed by atoms with E-state index in [0.29, 0.717) is 25.8 Å². The highest BCUT2D eigenvalue weighted by atomic mass is 16.1. The lowest BCUT2D eigenvalue weighted by Gasteiger charge is -2.07. The van der Waals surface area contributed by atoms with Gasteiger partial charge >= 0.3 is 0 Å². The molecular formula is C25H27N5O. The van der Waals surface area contributed by atoms with E-state index < -0.39 is 0 Å². The van der Waals surface area contributed by atoms with E-state index in [1.165, 1.54) is 16.4 Å². The number of nitrogens with one attached hydrogen (secondary N) is 1. The molecule has 2 heterocycles. The maximum absolute atomic E-state index is 12.7. The van der Waals surface area contributed by atoms with Crippen LogP contribution in [0.25, 0.3) is 21.8 Å². The van der Waals surface area contributed by atoms with E-state index in [-0.39, 0.29) is 5.91 Å². The van der Waals surface area contributed by atoms with Gasteiger partial charge in [-0.1, -0.05) is 18.2 Å². The molecule has 0 fully saturated rings. The number of carbonyl (C=O) groups excluding carboxylic acids is 1. The van der Waals surface area contributed by atoms with E-state index in [1.54, 1.807) is 0 Å². The first-order valence-corrected chi connectivity index (χ1v) is 10.7. The van der Waals surface area contributed by atoms with E-state index >= 15 is 0 Å². The predicted molar refractivity (Wildman–Crippen MR) is 124 cm³/mol. The Labute approximate surface area is 182 Å². The molecule has 0 bridgehead atoms. The van der Waals surface area contributed by atoms with Crippen LogP contribution in [0.5, 0.6) is 0 Å². The average Bonchev–Trinajstić information content (AvgIpc) is 3.23. The number of nitriles is 1. The summed E-state index contributed by atoms with van der Waals surface area (Å²) in [4.78, 5) is 12.7. The Bertz CT molecular complexity index is 1310. The number of aryl methyl sites for hydroxylation is 3. The minimum Gasteiger partial charge on any atom is -0.341 e. The number of hydrogen-bond acceptors (Lipinski definition) is 3. The molecule has 6 nitrogen and oxygen atoms in total. The molecule has 0 radical (unpaired) electrons. The van der Waals surface area contributed by atoms with Gasteiger partial charge in [0, 0.05) is 46.2 Å². The summed E-state index contributed by atoms with van der Waals surface area (Å²) in [5, 5.41) is 18.7. The summed E-state index contributed by atoms with van der Waals surface area (Å²) in [5.41, 5.74) is 6.26. The number of nitrogens with zero attached hydrogens (tertiary/aromatic N) is 4. The van der Waals surface area contributed by atoms with Crippen LogP contribution in [-0.2, 0) is 24.3 Å². The molecule has 1 N–H and O–H groups in total. The lowest BCUT2D eigenvalue weighted by atomic mass is 10.1. The van der Waals surface area contributed by atoms with E-state index in [4.69, 9.17) is 5.26 Å². The van der Waals surface area contributed by atoms with Crippen molar-refractivity contribution in [2.24, 2.45) is 0 Å². The zero-order chi connectivity index (χ0) is 22.0. The van der Waals surface area contributed by atoms with Gasteiger partial charge in [-0.05, 0) is 57.0 Å². The van der Waals surface area contributed by atoms with Crippen LogP contribution in [0.4, 0.5) is 5.69 Å². The number of para-hydroxylation sites is 1. The summed E-state index contributed by atoms with van der Waals surface area (Å²) in [6, 6.07) is 16.7.